The topological polar surface area (TPSA) is 38.7 Å². The fourth-order valence-corrected chi connectivity index (χ4v) is 2.68. The molecule has 0 saturated carbocycles. The Morgan fingerprint density at radius 1 is 0.941 bits per heavy atom. The molecule has 2 aliphatic rings. The van der Waals surface area contributed by atoms with Crippen molar-refractivity contribution in [2.75, 3.05) is 52.4 Å². The standard InChI is InChI=1S/C13H27N3O/c17-10-4-2-1-3-5-15-6-8-16(9-7-15)13-11-14-12-13/h13-14,17H,1-12H2. The summed E-state index contributed by atoms with van der Waals surface area (Å²) in [5, 5.41) is 12.1. The Kier molecular flexibility index (Phi) is 5.71. The van der Waals surface area contributed by atoms with Crippen LogP contribution in [0.25, 0.3) is 0 Å². The van der Waals surface area contributed by atoms with E-state index in [1.807, 2.05) is 0 Å². The summed E-state index contributed by atoms with van der Waals surface area (Å²) < 4.78 is 0. The number of aliphatic hydroxyl groups is 1. The highest BCUT2D eigenvalue weighted by Gasteiger charge is 2.27. The number of nitrogens with zero attached hydrogens (tertiary/aromatic N) is 2. The molecule has 2 aliphatic heterocycles. The summed E-state index contributed by atoms with van der Waals surface area (Å²) in [6.45, 7) is 9.00. The minimum atomic E-state index is 0.355. The second-order valence-electron chi connectivity index (χ2n) is 5.33. The SMILES string of the molecule is OCCCCCCN1CCN(C2CNC2)CC1. The summed E-state index contributed by atoms with van der Waals surface area (Å²) in [5.74, 6) is 0. The van der Waals surface area contributed by atoms with E-state index in [9.17, 15) is 0 Å². The monoisotopic (exact) mass is 241 g/mol. The zero-order chi connectivity index (χ0) is 11.9. The molecule has 0 aromatic heterocycles. The highest BCUT2D eigenvalue weighted by atomic mass is 16.2. The van der Waals surface area contributed by atoms with Crippen LogP contribution in [-0.4, -0.2) is 73.4 Å². The van der Waals surface area contributed by atoms with Gasteiger partial charge in [0.1, 0.15) is 0 Å². The third kappa shape index (κ3) is 4.21. The first-order valence-electron chi connectivity index (χ1n) is 7.18. The van der Waals surface area contributed by atoms with E-state index in [1.165, 1.54) is 65.1 Å². The lowest BCUT2D eigenvalue weighted by Gasteiger charge is -2.43. The highest BCUT2D eigenvalue weighted by Crippen LogP contribution is 2.10. The Hall–Kier alpha value is -0.160. The van der Waals surface area contributed by atoms with Crippen LogP contribution in [0.2, 0.25) is 0 Å². The van der Waals surface area contributed by atoms with Gasteiger partial charge >= 0.3 is 0 Å². The maximum absolute atomic E-state index is 8.70. The van der Waals surface area contributed by atoms with Crippen molar-refractivity contribution in [2.24, 2.45) is 0 Å². The molecule has 100 valence electrons. The molecule has 0 bridgehead atoms. The van der Waals surface area contributed by atoms with Crippen molar-refractivity contribution in [3.05, 3.63) is 0 Å². The van der Waals surface area contributed by atoms with E-state index in [1.54, 1.807) is 0 Å². The van der Waals surface area contributed by atoms with E-state index >= 15 is 0 Å². The summed E-state index contributed by atoms with van der Waals surface area (Å²) in [4.78, 5) is 5.24. The van der Waals surface area contributed by atoms with E-state index < -0.39 is 0 Å². The second-order valence-corrected chi connectivity index (χ2v) is 5.33. The maximum Gasteiger partial charge on any atom is 0.0431 e. The minimum absolute atomic E-state index is 0.355. The number of aliphatic hydroxyl groups excluding tert-OH is 1. The summed E-state index contributed by atoms with van der Waals surface area (Å²) in [5.41, 5.74) is 0. The summed E-state index contributed by atoms with van der Waals surface area (Å²) >= 11 is 0. The van der Waals surface area contributed by atoms with Gasteiger partial charge < -0.3 is 15.3 Å². The Bertz CT molecular complexity index is 201. The number of hydrogen-bond donors (Lipinski definition) is 2. The lowest BCUT2D eigenvalue weighted by Crippen LogP contribution is -2.61. The van der Waals surface area contributed by atoms with Crippen molar-refractivity contribution in [3.8, 4) is 0 Å². The normalized spacial score (nSPS) is 23.8. The van der Waals surface area contributed by atoms with Crippen LogP contribution < -0.4 is 5.32 Å². The maximum atomic E-state index is 8.70. The minimum Gasteiger partial charge on any atom is -0.396 e. The van der Waals surface area contributed by atoms with Gasteiger partial charge in [0.15, 0.2) is 0 Å². The van der Waals surface area contributed by atoms with Gasteiger partial charge in [-0.2, -0.15) is 0 Å². The average molecular weight is 241 g/mol. The van der Waals surface area contributed by atoms with Crippen molar-refractivity contribution in [1.29, 1.82) is 0 Å². The fourth-order valence-electron chi connectivity index (χ4n) is 2.68. The van der Waals surface area contributed by atoms with Crippen LogP contribution >= 0.6 is 0 Å². The Balaban J connectivity index is 1.50. The predicted molar refractivity (Wildman–Crippen MR) is 70.2 cm³/mol. The molecule has 0 atom stereocenters. The van der Waals surface area contributed by atoms with E-state index in [4.69, 9.17) is 5.11 Å². The smallest absolute Gasteiger partial charge is 0.0431 e. The fraction of sp³-hybridized carbons (Fsp3) is 1.00. The number of nitrogens with one attached hydrogen (secondary N) is 1. The lowest BCUT2D eigenvalue weighted by atomic mass is 10.1. The van der Waals surface area contributed by atoms with Crippen LogP contribution in [0.15, 0.2) is 0 Å². The molecule has 0 spiro atoms. The van der Waals surface area contributed by atoms with Gasteiger partial charge in [-0.25, -0.2) is 0 Å². The summed E-state index contributed by atoms with van der Waals surface area (Å²) in [6, 6.07) is 0.821. The van der Waals surface area contributed by atoms with E-state index in [2.05, 4.69) is 15.1 Å². The van der Waals surface area contributed by atoms with Gasteiger partial charge in [0.05, 0.1) is 0 Å². The van der Waals surface area contributed by atoms with Gasteiger partial charge in [0, 0.05) is 51.9 Å². The molecular formula is C13H27N3O. The quantitative estimate of drug-likeness (QED) is 0.622. The molecule has 0 radical (unpaired) electrons. The van der Waals surface area contributed by atoms with E-state index in [0.717, 1.165) is 12.5 Å². The molecule has 0 unspecified atom stereocenters. The second kappa shape index (κ2) is 7.31. The predicted octanol–water partition coefficient (Wildman–Crippen LogP) is 0.129. The van der Waals surface area contributed by atoms with Crippen molar-refractivity contribution in [1.82, 2.24) is 15.1 Å². The van der Waals surface area contributed by atoms with Gasteiger partial charge in [0.25, 0.3) is 0 Å². The van der Waals surface area contributed by atoms with Crippen molar-refractivity contribution >= 4 is 0 Å². The number of rotatable bonds is 7. The first-order chi connectivity index (χ1) is 8.40. The van der Waals surface area contributed by atoms with Gasteiger partial charge in [-0.3, -0.25) is 4.90 Å². The number of unbranched alkanes of at least 4 members (excludes halogenated alkanes) is 3. The molecule has 0 aromatic rings. The van der Waals surface area contributed by atoms with Gasteiger partial charge in [-0.15, -0.1) is 0 Å². The molecule has 0 aromatic carbocycles. The van der Waals surface area contributed by atoms with Crippen LogP contribution in [-0.2, 0) is 0 Å². The van der Waals surface area contributed by atoms with Gasteiger partial charge in [0.2, 0.25) is 0 Å². The number of hydrogen-bond acceptors (Lipinski definition) is 4. The molecule has 2 heterocycles. The molecular weight excluding hydrogens is 214 g/mol. The lowest BCUT2D eigenvalue weighted by molar-refractivity contribution is 0.0720. The van der Waals surface area contributed by atoms with Crippen LogP contribution in [0.5, 0.6) is 0 Å². The molecule has 17 heavy (non-hydrogen) atoms. The molecule has 0 aliphatic carbocycles. The molecule has 2 fully saturated rings. The summed E-state index contributed by atoms with van der Waals surface area (Å²) in [7, 11) is 0. The van der Waals surface area contributed by atoms with E-state index in [0.29, 0.717) is 6.61 Å². The Morgan fingerprint density at radius 3 is 2.24 bits per heavy atom. The molecule has 2 saturated heterocycles. The van der Waals surface area contributed by atoms with Crippen LogP contribution in [0.1, 0.15) is 25.7 Å². The third-order valence-corrected chi connectivity index (χ3v) is 4.07. The van der Waals surface area contributed by atoms with Gasteiger partial charge in [-0.05, 0) is 19.4 Å². The van der Waals surface area contributed by atoms with Gasteiger partial charge in [-0.1, -0.05) is 12.8 Å². The Morgan fingerprint density at radius 2 is 1.65 bits per heavy atom. The Labute approximate surface area is 105 Å². The summed E-state index contributed by atoms with van der Waals surface area (Å²) in [6.07, 6.45) is 4.73. The van der Waals surface area contributed by atoms with Crippen molar-refractivity contribution < 1.29 is 5.11 Å². The molecule has 2 rings (SSSR count). The first-order valence-corrected chi connectivity index (χ1v) is 7.18. The van der Waals surface area contributed by atoms with Crippen molar-refractivity contribution in [3.63, 3.8) is 0 Å². The molecule has 2 N–H and O–H groups in total. The van der Waals surface area contributed by atoms with Crippen LogP contribution in [0.4, 0.5) is 0 Å². The third-order valence-electron chi connectivity index (χ3n) is 4.07. The van der Waals surface area contributed by atoms with Crippen LogP contribution in [0.3, 0.4) is 0 Å². The molecule has 4 heteroatoms. The number of piperazine rings is 1. The largest absolute Gasteiger partial charge is 0.396 e. The van der Waals surface area contributed by atoms with E-state index in [-0.39, 0.29) is 0 Å². The zero-order valence-corrected chi connectivity index (χ0v) is 10.9. The van der Waals surface area contributed by atoms with Crippen molar-refractivity contribution in [2.45, 2.75) is 31.7 Å². The molecule has 0 amide bonds. The zero-order valence-electron chi connectivity index (χ0n) is 10.9. The average Bonchev–Trinajstić information content (AvgIpc) is 2.29. The van der Waals surface area contributed by atoms with Crippen LogP contribution in [0, 0.1) is 0 Å². The molecule has 4 nitrogen and oxygen atoms in total. The highest BCUT2D eigenvalue weighted by molar-refractivity contribution is 4.87. The first kappa shape index (κ1) is 13.3.